The van der Waals surface area contributed by atoms with Crippen LogP contribution in [0.4, 0.5) is 9.39 Å². The van der Waals surface area contributed by atoms with Crippen LogP contribution in [0.2, 0.25) is 0 Å². The van der Waals surface area contributed by atoms with Crippen LogP contribution >= 0.6 is 11.3 Å². The van der Waals surface area contributed by atoms with Crippen LogP contribution in [0.25, 0.3) is 5.69 Å². The van der Waals surface area contributed by atoms with Crippen molar-refractivity contribution < 1.29 is 18.7 Å². The summed E-state index contributed by atoms with van der Waals surface area (Å²) in [6.07, 6.45) is 1.53. The van der Waals surface area contributed by atoms with Crippen LogP contribution in [0.3, 0.4) is 0 Å². The molecule has 2 aromatic heterocycles. The van der Waals surface area contributed by atoms with E-state index in [2.05, 4.69) is 10.4 Å². The maximum Gasteiger partial charge on any atom is 0.348 e. The van der Waals surface area contributed by atoms with E-state index in [1.54, 1.807) is 19.9 Å². The summed E-state index contributed by atoms with van der Waals surface area (Å²) in [5.41, 5.74) is 1.20. The number of thiophene rings is 1. The van der Waals surface area contributed by atoms with Gasteiger partial charge in [-0.2, -0.15) is 10.4 Å². The van der Waals surface area contributed by atoms with Crippen molar-refractivity contribution in [1.82, 2.24) is 9.78 Å². The van der Waals surface area contributed by atoms with Gasteiger partial charge in [-0.3, -0.25) is 4.79 Å². The van der Waals surface area contributed by atoms with E-state index in [-0.39, 0.29) is 27.7 Å². The van der Waals surface area contributed by atoms with E-state index in [9.17, 15) is 19.2 Å². The maximum atomic E-state index is 13.4. The number of esters is 1. The Hall–Kier alpha value is -3.51. The molecule has 9 heteroatoms. The summed E-state index contributed by atoms with van der Waals surface area (Å²) in [6, 6.07) is 9.26. The first kappa shape index (κ1) is 19.3. The molecule has 0 atom stereocenters. The molecule has 142 valence electrons. The summed E-state index contributed by atoms with van der Waals surface area (Å²) < 4.78 is 19.7. The van der Waals surface area contributed by atoms with E-state index in [0.29, 0.717) is 11.3 Å². The topological polar surface area (TPSA) is 97.0 Å². The molecule has 2 heterocycles. The van der Waals surface area contributed by atoms with Gasteiger partial charge < -0.3 is 10.1 Å². The molecule has 0 fully saturated rings. The van der Waals surface area contributed by atoms with Crippen LogP contribution in [-0.2, 0) is 4.74 Å². The van der Waals surface area contributed by atoms with Crippen LogP contribution in [-0.4, -0.2) is 28.3 Å². The Morgan fingerprint density at radius 2 is 2.18 bits per heavy atom. The number of nitrogens with zero attached hydrogens (tertiary/aromatic N) is 3. The van der Waals surface area contributed by atoms with Gasteiger partial charge in [0, 0.05) is 6.20 Å². The molecule has 0 spiro atoms. The van der Waals surface area contributed by atoms with Crippen LogP contribution in [0.5, 0.6) is 0 Å². The Morgan fingerprint density at radius 3 is 2.86 bits per heavy atom. The van der Waals surface area contributed by atoms with Crippen molar-refractivity contribution in [3.63, 3.8) is 0 Å². The Labute approximate surface area is 164 Å². The summed E-state index contributed by atoms with van der Waals surface area (Å²) in [7, 11) is 0. The first-order chi connectivity index (χ1) is 13.4. The fraction of sp³-hybridized carbons (Fsp3) is 0.158. The van der Waals surface area contributed by atoms with Crippen LogP contribution in [0.1, 0.15) is 38.2 Å². The molecule has 0 radical (unpaired) electrons. The predicted octanol–water partition coefficient (Wildman–Crippen LogP) is 3.68. The molecule has 1 aromatic carbocycles. The van der Waals surface area contributed by atoms with Gasteiger partial charge >= 0.3 is 5.97 Å². The summed E-state index contributed by atoms with van der Waals surface area (Å²) in [4.78, 5) is 24.8. The highest BCUT2D eigenvalue weighted by Crippen LogP contribution is 2.33. The molecule has 0 saturated carbocycles. The van der Waals surface area contributed by atoms with Gasteiger partial charge in [0.15, 0.2) is 5.69 Å². The Balaban J connectivity index is 1.85. The Morgan fingerprint density at radius 1 is 1.39 bits per heavy atom. The van der Waals surface area contributed by atoms with Gasteiger partial charge in [0.2, 0.25) is 0 Å². The van der Waals surface area contributed by atoms with Crippen molar-refractivity contribution in [2.45, 2.75) is 13.8 Å². The molecular weight excluding hydrogens is 383 g/mol. The third-order valence-electron chi connectivity index (χ3n) is 3.84. The summed E-state index contributed by atoms with van der Waals surface area (Å²) >= 11 is 0.974. The van der Waals surface area contributed by atoms with Crippen LogP contribution in [0, 0.1) is 24.1 Å². The normalized spacial score (nSPS) is 10.4. The van der Waals surface area contributed by atoms with E-state index in [0.717, 1.165) is 11.3 Å². The van der Waals surface area contributed by atoms with E-state index in [4.69, 9.17) is 4.74 Å². The second-order valence-corrected chi connectivity index (χ2v) is 6.69. The monoisotopic (exact) mass is 398 g/mol. The third kappa shape index (κ3) is 3.77. The van der Waals surface area contributed by atoms with Gasteiger partial charge in [-0.25, -0.2) is 13.9 Å². The molecule has 3 aromatic rings. The molecule has 3 rings (SSSR count). The molecule has 0 aliphatic rings. The third-order valence-corrected chi connectivity index (χ3v) is 5.03. The molecule has 7 nitrogen and oxygen atoms in total. The highest BCUT2D eigenvalue weighted by molar-refractivity contribution is 7.18. The van der Waals surface area contributed by atoms with E-state index < -0.39 is 17.7 Å². The van der Waals surface area contributed by atoms with Crippen LogP contribution in [0.15, 0.2) is 36.5 Å². The molecule has 0 saturated heterocycles. The van der Waals surface area contributed by atoms with Crippen molar-refractivity contribution in [3.8, 4) is 11.8 Å². The molecule has 1 amide bonds. The number of nitriles is 1. The minimum Gasteiger partial charge on any atom is -0.462 e. The SMILES string of the molecule is CCOC(=O)c1sc(NC(=O)c2ccn(-c3cccc(F)c3)n2)c(C#N)c1C. The van der Waals surface area contributed by atoms with Gasteiger partial charge in [-0.15, -0.1) is 11.3 Å². The summed E-state index contributed by atoms with van der Waals surface area (Å²) in [6.45, 7) is 3.51. The lowest BCUT2D eigenvalue weighted by Crippen LogP contribution is -2.13. The summed E-state index contributed by atoms with van der Waals surface area (Å²) in [5.74, 6) is -1.51. The van der Waals surface area contributed by atoms with Crippen molar-refractivity contribution in [2.24, 2.45) is 0 Å². The number of anilines is 1. The Bertz CT molecular complexity index is 1100. The van der Waals surface area contributed by atoms with E-state index >= 15 is 0 Å². The van der Waals surface area contributed by atoms with Gasteiger partial charge in [-0.05, 0) is 43.7 Å². The number of hydrogen-bond donors (Lipinski definition) is 1. The van der Waals surface area contributed by atoms with Crippen LogP contribution < -0.4 is 5.32 Å². The van der Waals surface area contributed by atoms with Crippen molar-refractivity contribution in [2.75, 3.05) is 11.9 Å². The zero-order valence-corrected chi connectivity index (χ0v) is 15.8. The number of nitrogens with one attached hydrogen (secondary N) is 1. The smallest absolute Gasteiger partial charge is 0.348 e. The van der Waals surface area contributed by atoms with Crippen molar-refractivity contribution >= 4 is 28.2 Å². The number of amides is 1. The van der Waals surface area contributed by atoms with Crippen molar-refractivity contribution in [1.29, 1.82) is 5.26 Å². The first-order valence-electron chi connectivity index (χ1n) is 8.28. The second-order valence-electron chi connectivity index (χ2n) is 5.67. The Kier molecular flexibility index (Phi) is 5.52. The minimum absolute atomic E-state index is 0.0805. The molecular formula is C19H15FN4O3S. The van der Waals surface area contributed by atoms with Gasteiger partial charge in [0.1, 0.15) is 21.8 Å². The number of hydrogen-bond acceptors (Lipinski definition) is 6. The largest absolute Gasteiger partial charge is 0.462 e. The number of carbonyl (C=O) groups is 2. The molecule has 0 bridgehead atoms. The maximum absolute atomic E-state index is 13.4. The number of aromatic nitrogens is 2. The predicted molar refractivity (Wildman–Crippen MR) is 101 cm³/mol. The zero-order valence-electron chi connectivity index (χ0n) is 15.0. The van der Waals surface area contributed by atoms with Gasteiger partial charge in [-0.1, -0.05) is 6.07 Å². The molecule has 28 heavy (non-hydrogen) atoms. The zero-order chi connectivity index (χ0) is 20.3. The van der Waals surface area contributed by atoms with Gasteiger partial charge in [0.05, 0.1) is 17.9 Å². The fourth-order valence-corrected chi connectivity index (χ4v) is 3.55. The molecule has 0 unspecified atom stereocenters. The highest BCUT2D eigenvalue weighted by atomic mass is 32.1. The first-order valence-corrected chi connectivity index (χ1v) is 9.09. The molecule has 0 aliphatic carbocycles. The standard InChI is InChI=1S/C19H15FN4O3S/c1-3-27-19(26)16-11(2)14(10-21)18(28-16)22-17(25)15-7-8-24(23-15)13-6-4-5-12(20)9-13/h4-9H,3H2,1-2H3,(H,22,25). The average molecular weight is 398 g/mol. The second kappa shape index (κ2) is 8.02. The number of ether oxygens (including phenoxy) is 1. The minimum atomic E-state index is -0.552. The molecule has 1 N–H and O–H groups in total. The lowest BCUT2D eigenvalue weighted by Gasteiger charge is -2.02. The number of benzene rings is 1. The number of halogens is 1. The van der Waals surface area contributed by atoms with E-state index in [1.165, 1.54) is 35.1 Å². The lowest BCUT2D eigenvalue weighted by atomic mass is 10.2. The lowest BCUT2D eigenvalue weighted by molar-refractivity contribution is 0.0531. The number of rotatable bonds is 5. The molecule has 0 aliphatic heterocycles. The van der Waals surface area contributed by atoms with Crippen molar-refractivity contribution in [3.05, 3.63) is 64.0 Å². The number of carbonyl (C=O) groups excluding carboxylic acids is 2. The summed E-state index contributed by atoms with van der Waals surface area (Å²) in [5, 5.41) is 16.4. The fourth-order valence-electron chi connectivity index (χ4n) is 2.50. The average Bonchev–Trinajstić information content (AvgIpc) is 3.27. The quantitative estimate of drug-likeness (QED) is 0.661. The highest BCUT2D eigenvalue weighted by Gasteiger charge is 2.23. The van der Waals surface area contributed by atoms with E-state index in [1.807, 2.05) is 6.07 Å². The van der Waals surface area contributed by atoms with Gasteiger partial charge in [0.25, 0.3) is 5.91 Å².